The van der Waals surface area contributed by atoms with E-state index in [-0.39, 0.29) is 5.91 Å². The van der Waals surface area contributed by atoms with Crippen LogP contribution >= 0.6 is 0 Å². The van der Waals surface area contributed by atoms with Crippen molar-refractivity contribution in [2.75, 3.05) is 32.1 Å². The molecule has 1 aliphatic heterocycles. The zero-order valence-corrected chi connectivity index (χ0v) is 12.8. The lowest BCUT2D eigenvalue weighted by Gasteiger charge is -2.16. The standard InChI is InChI=1S/C14H20N2O.C2H6/c1-11(17)16-9-8-13(10-16)12-4-6-14(7-5-12)15(2)3;1-2/h4-7,13H,8-10H2,1-3H3;1-2H3. The van der Waals surface area contributed by atoms with E-state index in [2.05, 4.69) is 29.2 Å². The predicted octanol–water partition coefficient (Wildman–Crippen LogP) is 3.11. The maximum Gasteiger partial charge on any atom is 0.219 e. The maximum absolute atomic E-state index is 11.3. The molecular formula is C16H26N2O. The fourth-order valence-corrected chi connectivity index (χ4v) is 2.36. The maximum atomic E-state index is 11.3. The van der Waals surface area contributed by atoms with Gasteiger partial charge < -0.3 is 9.80 Å². The van der Waals surface area contributed by atoms with Crippen molar-refractivity contribution in [3.8, 4) is 0 Å². The first-order chi connectivity index (χ1) is 9.08. The van der Waals surface area contributed by atoms with Gasteiger partial charge in [-0.05, 0) is 24.1 Å². The van der Waals surface area contributed by atoms with Gasteiger partial charge in [-0.2, -0.15) is 0 Å². The van der Waals surface area contributed by atoms with E-state index in [1.807, 2.05) is 32.8 Å². The molecule has 19 heavy (non-hydrogen) atoms. The van der Waals surface area contributed by atoms with Gasteiger partial charge in [0.05, 0.1) is 0 Å². The van der Waals surface area contributed by atoms with E-state index in [9.17, 15) is 4.79 Å². The molecule has 1 unspecified atom stereocenters. The van der Waals surface area contributed by atoms with Crippen molar-refractivity contribution in [2.24, 2.45) is 0 Å². The van der Waals surface area contributed by atoms with Gasteiger partial charge in [-0.25, -0.2) is 0 Å². The van der Waals surface area contributed by atoms with Crippen LogP contribution in [0.3, 0.4) is 0 Å². The molecule has 0 bridgehead atoms. The summed E-state index contributed by atoms with van der Waals surface area (Å²) >= 11 is 0. The summed E-state index contributed by atoms with van der Waals surface area (Å²) in [6.07, 6.45) is 1.08. The largest absolute Gasteiger partial charge is 0.378 e. The van der Waals surface area contributed by atoms with Crippen LogP contribution in [0, 0.1) is 0 Å². The number of likely N-dealkylation sites (tertiary alicyclic amines) is 1. The summed E-state index contributed by atoms with van der Waals surface area (Å²) in [5.74, 6) is 0.701. The fourth-order valence-electron chi connectivity index (χ4n) is 2.36. The Kier molecular flexibility index (Phi) is 5.87. The monoisotopic (exact) mass is 262 g/mol. The number of carbonyl (C=O) groups is 1. The number of rotatable bonds is 2. The van der Waals surface area contributed by atoms with Crippen LogP contribution in [0.15, 0.2) is 24.3 Å². The van der Waals surface area contributed by atoms with Crippen LogP contribution in [0.5, 0.6) is 0 Å². The molecule has 1 saturated heterocycles. The van der Waals surface area contributed by atoms with E-state index in [4.69, 9.17) is 0 Å². The van der Waals surface area contributed by atoms with Crippen LogP contribution in [-0.4, -0.2) is 38.0 Å². The zero-order valence-electron chi connectivity index (χ0n) is 12.8. The third kappa shape index (κ3) is 3.98. The summed E-state index contributed by atoms with van der Waals surface area (Å²) in [5, 5.41) is 0. The van der Waals surface area contributed by atoms with Gasteiger partial charge in [0.15, 0.2) is 0 Å². The van der Waals surface area contributed by atoms with Crippen LogP contribution in [0.4, 0.5) is 5.69 Å². The van der Waals surface area contributed by atoms with Crippen molar-refractivity contribution in [1.29, 1.82) is 0 Å². The van der Waals surface area contributed by atoms with E-state index >= 15 is 0 Å². The minimum Gasteiger partial charge on any atom is -0.378 e. The number of nitrogens with zero attached hydrogens (tertiary/aromatic N) is 2. The van der Waals surface area contributed by atoms with Gasteiger partial charge in [0.1, 0.15) is 0 Å². The Balaban J connectivity index is 0.000000861. The van der Waals surface area contributed by atoms with Gasteiger partial charge >= 0.3 is 0 Å². The Labute approximate surface area is 117 Å². The lowest BCUT2D eigenvalue weighted by molar-refractivity contribution is -0.127. The molecule has 1 amide bonds. The van der Waals surface area contributed by atoms with Crippen LogP contribution in [0.25, 0.3) is 0 Å². The highest BCUT2D eigenvalue weighted by atomic mass is 16.2. The summed E-state index contributed by atoms with van der Waals surface area (Å²) in [5.41, 5.74) is 2.56. The number of benzene rings is 1. The second-order valence-electron chi connectivity index (χ2n) is 4.94. The van der Waals surface area contributed by atoms with E-state index in [1.165, 1.54) is 11.3 Å². The second-order valence-corrected chi connectivity index (χ2v) is 4.94. The highest BCUT2D eigenvalue weighted by Gasteiger charge is 2.25. The molecular weight excluding hydrogens is 236 g/mol. The van der Waals surface area contributed by atoms with Crippen molar-refractivity contribution in [2.45, 2.75) is 33.1 Å². The van der Waals surface area contributed by atoms with E-state index in [0.717, 1.165) is 19.5 Å². The smallest absolute Gasteiger partial charge is 0.219 e. The highest BCUT2D eigenvalue weighted by molar-refractivity contribution is 5.73. The topological polar surface area (TPSA) is 23.6 Å². The number of carbonyl (C=O) groups excluding carboxylic acids is 1. The number of anilines is 1. The fraction of sp³-hybridized carbons (Fsp3) is 0.562. The van der Waals surface area contributed by atoms with Crippen molar-refractivity contribution in [1.82, 2.24) is 4.90 Å². The Morgan fingerprint density at radius 3 is 2.21 bits per heavy atom. The Hall–Kier alpha value is -1.51. The van der Waals surface area contributed by atoms with Crippen LogP contribution in [0.2, 0.25) is 0 Å². The Morgan fingerprint density at radius 2 is 1.79 bits per heavy atom. The number of hydrogen-bond donors (Lipinski definition) is 0. The van der Waals surface area contributed by atoms with Crippen molar-refractivity contribution in [3.63, 3.8) is 0 Å². The van der Waals surface area contributed by atoms with Crippen LogP contribution in [-0.2, 0) is 4.79 Å². The molecule has 3 nitrogen and oxygen atoms in total. The minimum atomic E-state index is 0.192. The number of amides is 1. The average molecular weight is 262 g/mol. The average Bonchev–Trinajstić information content (AvgIpc) is 2.91. The zero-order chi connectivity index (χ0) is 14.4. The summed E-state index contributed by atoms with van der Waals surface area (Å²) in [7, 11) is 4.09. The summed E-state index contributed by atoms with van der Waals surface area (Å²) in [4.78, 5) is 15.3. The summed E-state index contributed by atoms with van der Waals surface area (Å²) in [6, 6.07) is 8.66. The molecule has 1 heterocycles. The van der Waals surface area contributed by atoms with Crippen molar-refractivity contribution < 1.29 is 4.79 Å². The van der Waals surface area contributed by atoms with E-state index in [0.29, 0.717) is 5.92 Å². The van der Waals surface area contributed by atoms with Gasteiger partial charge in [0.25, 0.3) is 0 Å². The molecule has 106 valence electrons. The molecule has 0 radical (unpaired) electrons. The highest BCUT2D eigenvalue weighted by Crippen LogP contribution is 2.28. The molecule has 3 heteroatoms. The normalized spacial score (nSPS) is 17.7. The number of hydrogen-bond acceptors (Lipinski definition) is 2. The first kappa shape index (κ1) is 15.5. The first-order valence-electron chi connectivity index (χ1n) is 7.10. The molecule has 0 N–H and O–H groups in total. The molecule has 1 aliphatic rings. The third-order valence-electron chi connectivity index (χ3n) is 3.51. The lowest BCUT2D eigenvalue weighted by Crippen LogP contribution is -2.25. The van der Waals surface area contributed by atoms with Gasteiger partial charge in [0, 0.05) is 45.7 Å². The quantitative estimate of drug-likeness (QED) is 0.817. The van der Waals surface area contributed by atoms with Gasteiger partial charge in [-0.1, -0.05) is 26.0 Å². The molecule has 2 rings (SSSR count). The van der Waals surface area contributed by atoms with Crippen LogP contribution < -0.4 is 4.90 Å². The molecule has 0 saturated carbocycles. The van der Waals surface area contributed by atoms with E-state index < -0.39 is 0 Å². The molecule has 0 aromatic heterocycles. The summed E-state index contributed by atoms with van der Waals surface area (Å²) < 4.78 is 0. The second kappa shape index (κ2) is 7.17. The Bertz CT molecular complexity index is 398. The van der Waals surface area contributed by atoms with Crippen molar-refractivity contribution in [3.05, 3.63) is 29.8 Å². The first-order valence-corrected chi connectivity index (χ1v) is 7.10. The predicted molar refractivity (Wildman–Crippen MR) is 81.7 cm³/mol. The molecule has 1 atom stereocenters. The minimum absolute atomic E-state index is 0.192. The van der Waals surface area contributed by atoms with Gasteiger partial charge in [-0.3, -0.25) is 4.79 Å². The van der Waals surface area contributed by atoms with Crippen molar-refractivity contribution >= 4 is 11.6 Å². The molecule has 1 aromatic carbocycles. The summed E-state index contributed by atoms with van der Waals surface area (Å²) in [6.45, 7) is 7.42. The molecule has 0 spiro atoms. The molecule has 0 aliphatic carbocycles. The third-order valence-corrected chi connectivity index (χ3v) is 3.51. The Morgan fingerprint density at radius 1 is 1.21 bits per heavy atom. The SMILES string of the molecule is CC.CC(=O)N1CCC(c2ccc(N(C)C)cc2)C1. The molecule has 1 aromatic rings. The van der Waals surface area contributed by atoms with E-state index in [1.54, 1.807) is 6.92 Å². The van der Waals surface area contributed by atoms with Crippen LogP contribution in [0.1, 0.15) is 38.7 Å². The lowest BCUT2D eigenvalue weighted by atomic mass is 9.98. The molecule has 1 fully saturated rings. The van der Waals surface area contributed by atoms with Gasteiger partial charge in [0.2, 0.25) is 5.91 Å². The van der Waals surface area contributed by atoms with Gasteiger partial charge in [-0.15, -0.1) is 0 Å².